The fourth-order valence-electron chi connectivity index (χ4n) is 2.47. The zero-order valence-corrected chi connectivity index (χ0v) is 15.8. The molecule has 0 aliphatic carbocycles. The van der Waals surface area contributed by atoms with Gasteiger partial charge in [0.25, 0.3) is 5.91 Å². The lowest BCUT2D eigenvalue weighted by Gasteiger charge is -2.09. The van der Waals surface area contributed by atoms with Crippen LogP contribution in [0.5, 0.6) is 23.0 Å². The first-order valence-corrected chi connectivity index (χ1v) is 8.77. The van der Waals surface area contributed by atoms with E-state index < -0.39 is 0 Å². The topological polar surface area (TPSA) is 100 Å². The quantitative estimate of drug-likeness (QED) is 0.697. The number of amides is 1. The number of phenols is 2. The molecular formula is C19H18N2O5S. The van der Waals surface area contributed by atoms with Gasteiger partial charge in [-0.1, -0.05) is 6.07 Å². The summed E-state index contributed by atoms with van der Waals surface area (Å²) in [5, 5.41) is 23.0. The second kappa shape index (κ2) is 7.63. The molecule has 8 heteroatoms. The van der Waals surface area contributed by atoms with Gasteiger partial charge in [0, 0.05) is 0 Å². The van der Waals surface area contributed by atoms with Gasteiger partial charge in [0.15, 0.2) is 16.7 Å². The minimum atomic E-state index is -0.309. The number of hydrogen-bond acceptors (Lipinski definition) is 7. The first-order chi connectivity index (χ1) is 12.9. The molecule has 2 aromatic carbocycles. The predicted molar refractivity (Wildman–Crippen MR) is 105 cm³/mol. The number of rotatable bonds is 4. The van der Waals surface area contributed by atoms with E-state index in [4.69, 9.17) is 9.47 Å². The Morgan fingerprint density at radius 3 is 2.37 bits per heavy atom. The second-order valence-electron chi connectivity index (χ2n) is 5.75. The number of aromatic hydroxyl groups is 2. The lowest BCUT2D eigenvalue weighted by molar-refractivity contribution is -0.115. The fraction of sp³-hybridized carbons (Fsp3) is 0.158. The van der Waals surface area contributed by atoms with Crippen molar-refractivity contribution in [1.29, 1.82) is 0 Å². The third-order valence-electron chi connectivity index (χ3n) is 3.80. The van der Waals surface area contributed by atoms with Gasteiger partial charge in [-0.2, -0.15) is 0 Å². The highest BCUT2D eigenvalue weighted by Crippen LogP contribution is 2.39. The number of methoxy groups -OCH3 is 2. The smallest absolute Gasteiger partial charge is 0.264 e. The summed E-state index contributed by atoms with van der Waals surface area (Å²) in [5.74, 6) is 0.105. The first-order valence-electron chi connectivity index (χ1n) is 7.95. The minimum Gasteiger partial charge on any atom is -0.506 e. The minimum absolute atomic E-state index is 0.0442. The molecule has 1 heterocycles. The average molecular weight is 386 g/mol. The Bertz CT molecular complexity index is 944. The number of nitrogens with zero attached hydrogens (tertiary/aromatic N) is 1. The number of carbonyl (C=O) groups excluding carboxylic acids is 1. The highest BCUT2D eigenvalue weighted by atomic mass is 32.2. The molecule has 7 nitrogen and oxygen atoms in total. The fourth-order valence-corrected chi connectivity index (χ4v) is 3.30. The van der Waals surface area contributed by atoms with E-state index in [1.54, 1.807) is 30.3 Å². The van der Waals surface area contributed by atoms with Gasteiger partial charge in [0.05, 0.1) is 19.1 Å². The van der Waals surface area contributed by atoms with Crippen LogP contribution in [0.25, 0.3) is 6.08 Å². The molecule has 3 rings (SSSR count). The summed E-state index contributed by atoms with van der Waals surface area (Å²) >= 11 is 1.15. The molecule has 0 atom stereocenters. The maximum Gasteiger partial charge on any atom is 0.264 e. The standard InChI is InChI=1S/C19H18N2O5S/c1-10-4-5-12(13(22)6-10)20-19-21-18(24)16(27-19)9-11-7-14(25-2)17(23)15(8-11)26-3/h4-9,22-23H,1-3H3,(H,20,21,24)/b16-9-. The van der Waals surface area contributed by atoms with Gasteiger partial charge in [-0.05, 0) is 60.2 Å². The highest BCUT2D eigenvalue weighted by Gasteiger charge is 2.24. The number of nitrogens with one attached hydrogen (secondary N) is 1. The second-order valence-corrected chi connectivity index (χ2v) is 6.78. The Hall–Kier alpha value is -3.13. The number of carbonyl (C=O) groups is 1. The largest absolute Gasteiger partial charge is 0.506 e. The molecular weight excluding hydrogens is 368 g/mol. The van der Waals surface area contributed by atoms with Crippen LogP contribution in [0.15, 0.2) is 40.2 Å². The van der Waals surface area contributed by atoms with Crippen LogP contribution in [0.3, 0.4) is 0 Å². The first kappa shape index (κ1) is 18.7. The molecule has 140 valence electrons. The van der Waals surface area contributed by atoms with Gasteiger partial charge in [-0.3, -0.25) is 4.79 Å². The van der Waals surface area contributed by atoms with Crippen LogP contribution in [0, 0.1) is 6.92 Å². The lowest BCUT2D eigenvalue weighted by Crippen LogP contribution is -2.19. The van der Waals surface area contributed by atoms with Gasteiger partial charge in [-0.25, -0.2) is 4.99 Å². The van der Waals surface area contributed by atoms with Crippen LogP contribution in [-0.4, -0.2) is 35.5 Å². The highest BCUT2D eigenvalue weighted by molar-refractivity contribution is 8.18. The summed E-state index contributed by atoms with van der Waals surface area (Å²) in [6.45, 7) is 1.86. The molecule has 0 saturated carbocycles. The summed E-state index contributed by atoms with van der Waals surface area (Å²) in [7, 11) is 2.86. The number of amidine groups is 1. The van der Waals surface area contributed by atoms with Crippen molar-refractivity contribution in [3.63, 3.8) is 0 Å². The Balaban J connectivity index is 1.90. The van der Waals surface area contributed by atoms with Gasteiger partial charge in [0.2, 0.25) is 5.75 Å². The van der Waals surface area contributed by atoms with Gasteiger partial charge in [0.1, 0.15) is 11.4 Å². The summed E-state index contributed by atoms with van der Waals surface area (Å²) < 4.78 is 10.2. The van der Waals surface area contributed by atoms with E-state index in [-0.39, 0.29) is 28.9 Å². The van der Waals surface area contributed by atoms with E-state index in [0.29, 0.717) is 21.3 Å². The number of ether oxygens (including phenoxy) is 2. The molecule has 0 bridgehead atoms. The van der Waals surface area contributed by atoms with Crippen molar-refractivity contribution >= 4 is 34.6 Å². The van der Waals surface area contributed by atoms with Crippen LogP contribution in [0.2, 0.25) is 0 Å². The Morgan fingerprint density at radius 2 is 1.78 bits per heavy atom. The molecule has 0 radical (unpaired) electrons. The number of phenolic OH excluding ortho intramolecular Hbond substituents is 2. The van der Waals surface area contributed by atoms with E-state index in [2.05, 4.69) is 10.3 Å². The van der Waals surface area contributed by atoms with E-state index in [9.17, 15) is 15.0 Å². The summed E-state index contributed by atoms with van der Waals surface area (Å²) in [5.41, 5.74) is 1.91. The van der Waals surface area contributed by atoms with Crippen molar-refractivity contribution in [2.75, 3.05) is 14.2 Å². The van der Waals surface area contributed by atoms with Crippen molar-refractivity contribution in [2.45, 2.75) is 6.92 Å². The average Bonchev–Trinajstić information content (AvgIpc) is 2.97. The number of hydrogen-bond donors (Lipinski definition) is 3. The van der Waals surface area contributed by atoms with Crippen LogP contribution in [-0.2, 0) is 4.79 Å². The number of aliphatic imine (C=N–C) groups is 1. The van der Waals surface area contributed by atoms with Crippen molar-refractivity contribution in [3.05, 3.63) is 46.4 Å². The Kier molecular flexibility index (Phi) is 5.27. The Labute approximate surface area is 160 Å². The molecule has 2 aromatic rings. The van der Waals surface area contributed by atoms with Crippen molar-refractivity contribution in [3.8, 4) is 23.0 Å². The molecule has 1 saturated heterocycles. The zero-order valence-electron chi connectivity index (χ0n) is 14.9. The van der Waals surface area contributed by atoms with Crippen LogP contribution in [0.1, 0.15) is 11.1 Å². The maximum absolute atomic E-state index is 12.2. The third-order valence-corrected chi connectivity index (χ3v) is 4.71. The monoisotopic (exact) mass is 386 g/mol. The van der Waals surface area contributed by atoms with Crippen LogP contribution < -0.4 is 14.8 Å². The molecule has 1 amide bonds. The molecule has 3 N–H and O–H groups in total. The van der Waals surface area contributed by atoms with E-state index in [1.807, 2.05) is 13.0 Å². The predicted octanol–water partition coefficient (Wildman–Crippen LogP) is 3.32. The number of benzene rings is 2. The lowest BCUT2D eigenvalue weighted by atomic mass is 10.1. The van der Waals surface area contributed by atoms with Crippen LogP contribution >= 0.6 is 11.8 Å². The third kappa shape index (κ3) is 4.01. The number of thioether (sulfide) groups is 1. The maximum atomic E-state index is 12.2. The van der Waals surface area contributed by atoms with Crippen molar-refractivity contribution in [1.82, 2.24) is 5.32 Å². The molecule has 0 unspecified atom stereocenters. The molecule has 1 aliphatic rings. The van der Waals surface area contributed by atoms with E-state index in [0.717, 1.165) is 17.3 Å². The van der Waals surface area contributed by atoms with Crippen molar-refractivity contribution in [2.24, 2.45) is 4.99 Å². The summed E-state index contributed by atoms with van der Waals surface area (Å²) in [4.78, 5) is 16.9. The summed E-state index contributed by atoms with van der Waals surface area (Å²) in [6, 6.07) is 8.31. The van der Waals surface area contributed by atoms with E-state index in [1.165, 1.54) is 14.2 Å². The normalized spacial score (nSPS) is 16.6. The number of aryl methyl sites for hydroxylation is 1. The van der Waals surface area contributed by atoms with Crippen LogP contribution in [0.4, 0.5) is 5.69 Å². The molecule has 27 heavy (non-hydrogen) atoms. The molecule has 1 fully saturated rings. The van der Waals surface area contributed by atoms with Gasteiger partial charge < -0.3 is 25.0 Å². The SMILES string of the molecule is COc1cc(/C=C2\SC(=Nc3ccc(C)cc3O)NC2=O)cc(OC)c1O. The van der Waals surface area contributed by atoms with Gasteiger partial charge in [-0.15, -0.1) is 0 Å². The van der Waals surface area contributed by atoms with E-state index >= 15 is 0 Å². The summed E-state index contributed by atoms with van der Waals surface area (Å²) in [6.07, 6.45) is 1.64. The Morgan fingerprint density at radius 1 is 1.11 bits per heavy atom. The molecule has 0 spiro atoms. The molecule has 1 aliphatic heterocycles. The van der Waals surface area contributed by atoms with Crippen molar-refractivity contribution < 1.29 is 24.5 Å². The zero-order chi connectivity index (χ0) is 19.6. The molecule has 0 aromatic heterocycles. The van der Waals surface area contributed by atoms with Gasteiger partial charge >= 0.3 is 0 Å².